The third kappa shape index (κ3) is 6.53. The van der Waals surface area contributed by atoms with Crippen molar-refractivity contribution in [2.75, 3.05) is 20.2 Å². The van der Waals surface area contributed by atoms with Crippen LogP contribution in [0.4, 0.5) is 4.39 Å². The minimum Gasteiger partial charge on any atom is -0.494 e. The average Bonchev–Trinajstić information content (AvgIpc) is 2.69. The number of benzene rings is 2. The van der Waals surface area contributed by atoms with Crippen LogP contribution in [0.2, 0.25) is 0 Å². The number of rotatable bonds is 9. The Kier molecular flexibility index (Phi) is 8.01. The van der Waals surface area contributed by atoms with Crippen LogP contribution in [0.3, 0.4) is 0 Å². The van der Waals surface area contributed by atoms with E-state index in [1.54, 1.807) is 12.1 Å². The summed E-state index contributed by atoms with van der Waals surface area (Å²) >= 11 is 0. The maximum absolute atomic E-state index is 13.6. The van der Waals surface area contributed by atoms with Gasteiger partial charge < -0.3 is 10.1 Å². The van der Waals surface area contributed by atoms with Crippen molar-refractivity contribution < 1.29 is 13.9 Å². The van der Waals surface area contributed by atoms with Gasteiger partial charge in [0.05, 0.1) is 7.11 Å². The summed E-state index contributed by atoms with van der Waals surface area (Å²) in [5.41, 5.74) is 2.90. The molecule has 1 N–H and O–H groups in total. The molecule has 5 heteroatoms. The first-order chi connectivity index (χ1) is 13.0. The molecule has 4 nitrogen and oxygen atoms in total. The molecule has 0 bridgehead atoms. The van der Waals surface area contributed by atoms with Crippen molar-refractivity contribution in [3.63, 3.8) is 0 Å². The number of nitrogens with zero attached hydrogens (tertiary/aromatic N) is 1. The van der Waals surface area contributed by atoms with E-state index in [0.29, 0.717) is 12.1 Å². The first kappa shape index (κ1) is 20.6. The van der Waals surface area contributed by atoms with E-state index >= 15 is 0 Å². The van der Waals surface area contributed by atoms with Crippen LogP contribution in [0.25, 0.3) is 6.08 Å². The highest BCUT2D eigenvalue weighted by molar-refractivity contribution is 5.91. The van der Waals surface area contributed by atoms with Crippen LogP contribution in [0.5, 0.6) is 5.75 Å². The zero-order chi connectivity index (χ0) is 19.6. The minimum absolute atomic E-state index is 0.182. The topological polar surface area (TPSA) is 41.6 Å². The summed E-state index contributed by atoms with van der Waals surface area (Å²) in [6, 6.07) is 12.8. The van der Waals surface area contributed by atoms with E-state index in [0.717, 1.165) is 25.2 Å². The van der Waals surface area contributed by atoms with E-state index < -0.39 is 5.82 Å². The summed E-state index contributed by atoms with van der Waals surface area (Å²) in [6.07, 6.45) is 2.97. The zero-order valence-electron chi connectivity index (χ0n) is 16.2. The van der Waals surface area contributed by atoms with E-state index in [1.807, 2.05) is 12.1 Å². The smallest absolute Gasteiger partial charge is 0.244 e. The number of amides is 1. The first-order valence-corrected chi connectivity index (χ1v) is 9.15. The van der Waals surface area contributed by atoms with Gasteiger partial charge in [0, 0.05) is 19.2 Å². The van der Waals surface area contributed by atoms with Crippen LogP contribution in [0, 0.1) is 5.82 Å². The van der Waals surface area contributed by atoms with Crippen molar-refractivity contribution in [2.45, 2.75) is 26.9 Å². The second-order valence-electron chi connectivity index (χ2n) is 6.22. The number of carbonyl (C=O) groups is 1. The van der Waals surface area contributed by atoms with Crippen LogP contribution < -0.4 is 10.1 Å². The van der Waals surface area contributed by atoms with Gasteiger partial charge in [-0.15, -0.1) is 0 Å². The predicted molar refractivity (Wildman–Crippen MR) is 107 cm³/mol. The van der Waals surface area contributed by atoms with Gasteiger partial charge >= 0.3 is 0 Å². The number of nitrogens with one attached hydrogen (secondary N) is 1. The van der Waals surface area contributed by atoms with Gasteiger partial charge in [-0.1, -0.05) is 44.2 Å². The van der Waals surface area contributed by atoms with E-state index in [9.17, 15) is 9.18 Å². The van der Waals surface area contributed by atoms with Gasteiger partial charge in [-0.05, 0) is 48.0 Å². The normalized spacial score (nSPS) is 11.1. The molecule has 2 aromatic rings. The number of ether oxygens (including phenoxy) is 1. The standard InChI is InChI=1S/C22H27FN2O2/c1-4-25(5-2)16-19-8-6-18(7-9-19)15-24-22(26)13-11-17-10-12-21(27-3)20(23)14-17/h6-14H,4-5,15-16H2,1-3H3,(H,24,26). The minimum atomic E-state index is -0.454. The highest BCUT2D eigenvalue weighted by atomic mass is 19.1. The van der Waals surface area contributed by atoms with Crippen LogP contribution in [0.15, 0.2) is 48.5 Å². The van der Waals surface area contributed by atoms with Gasteiger partial charge in [-0.2, -0.15) is 0 Å². The van der Waals surface area contributed by atoms with E-state index in [1.165, 1.54) is 30.9 Å². The molecule has 0 aliphatic rings. The summed E-state index contributed by atoms with van der Waals surface area (Å²) in [7, 11) is 1.41. The van der Waals surface area contributed by atoms with Crippen molar-refractivity contribution in [2.24, 2.45) is 0 Å². The lowest BCUT2D eigenvalue weighted by Gasteiger charge is -2.18. The summed E-state index contributed by atoms with van der Waals surface area (Å²) in [5.74, 6) is -0.496. The quantitative estimate of drug-likeness (QED) is 0.678. The molecule has 0 aliphatic carbocycles. The van der Waals surface area contributed by atoms with Crippen LogP contribution >= 0.6 is 0 Å². The molecule has 0 saturated heterocycles. The van der Waals surface area contributed by atoms with Gasteiger partial charge in [-0.25, -0.2) is 4.39 Å². The fraction of sp³-hybridized carbons (Fsp3) is 0.318. The monoisotopic (exact) mass is 370 g/mol. The van der Waals surface area contributed by atoms with Gasteiger partial charge in [0.2, 0.25) is 5.91 Å². The van der Waals surface area contributed by atoms with E-state index in [4.69, 9.17) is 4.74 Å². The van der Waals surface area contributed by atoms with Crippen molar-refractivity contribution in [1.82, 2.24) is 10.2 Å². The van der Waals surface area contributed by atoms with Crippen LogP contribution in [-0.4, -0.2) is 31.0 Å². The molecule has 1 amide bonds. The molecule has 0 aromatic heterocycles. The third-order valence-electron chi connectivity index (χ3n) is 4.39. The van der Waals surface area contributed by atoms with Crippen LogP contribution in [0.1, 0.15) is 30.5 Å². The number of hydrogen-bond donors (Lipinski definition) is 1. The largest absolute Gasteiger partial charge is 0.494 e. The average molecular weight is 370 g/mol. The lowest BCUT2D eigenvalue weighted by Crippen LogP contribution is -2.22. The molecule has 27 heavy (non-hydrogen) atoms. The summed E-state index contributed by atoms with van der Waals surface area (Å²) in [6.45, 7) is 7.74. The summed E-state index contributed by atoms with van der Waals surface area (Å²) < 4.78 is 18.5. The van der Waals surface area contributed by atoms with Gasteiger partial charge in [0.1, 0.15) is 0 Å². The Morgan fingerprint density at radius 2 is 1.78 bits per heavy atom. The Bertz CT molecular complexity index is 768. The Labute approximate surface area is 160 Å². The fourth-order valence-corrected chi connectivity index (χ4v) is 2.67. The van der Waals surface area contributed by atoms with Crippen LogP contribution in [-0.2, 0) is 17.9 Å². The predicted octanol–water partition coefficient (Wildman–Crippen LogP) is 4.01. The van der Waals surface area contributed by atoms with Crippen molar-refractivity contribution >= 4 is 12.0 Å². The Morgan fingerprint density at radius 1 is 1.11 bits per heavy atom. The van der Waals surface area contributed by atoms with Crippen molar-refractivity contribution in [1.29, 1.82) is 0 Å². The SMILES string of the molecule is CCN(CC)Cc1ccc(CNC(=O)C=Cc2ccc(OC)c(F)c2)cc1. The maximum Gasteiger partial charge on any atom is 0.244 e. The molecule has 0 aliphatic heterocycles. The molecule has 144 valence electrons. The zero-order valence-corrected chi connectivity index (χ0v) is 16.2. The molecular weight excluding hydrogens is 343 g/mol. The van der Waals surface area contributed by atoms with E-state index in [-0.39, 0.29) is 11.7 Å². The highest BCUT2D eigenvalue weighted by Gasteiger charge is 2.03. The summed E-state index contributed by atoms with van der Waals surface area (Å²) in [4.78, 5) is 14.3. The number of carbonyl (C=O) groups excluding carboxylic acids is 1. The molecule has 0 radical (unpaired) electrons. The molecule has 0 fully saturated rings. The Hall–Kier alpha value is -2.66. The molecule has 0 heterocycles. The number of hydrogen-bond acceptors (Lipinski definition) is 3. The molecule has 0 atom stereocenters. The molecule has 0 spiro atoms. The molecule has 2 rings (SSSR count). The third-order valence-corrected chi connectivity index (χ3v) is 4.39. The summed E-state index contributed by atoms with van der Waals surface area (Å²) in [5, 5.41) is 2.83. The van der Waals surface area contributed by atoms with Gasteiger partial charge in [-0.3, -0.25) is 9.69 Å². The number of halogens is 1. The second-order valence-corrected chi connectivity index (χ2v) is 6.22. The molecule has 2 aromatic carbocycles. The molecular formula is C22H27FN2O2. The van der Waals surface area contributed by atoms with E-state index in [2.05, 4.69) is 36.2 Å². The Morgan fingerprint density at radius 3 is 2.37 bits per heavy atom. The van der Waals surface area contributed by atoms with Gasteiger partial charge in [0.15, 0.2) is 11.6 Å². The molecule has 0 unspecified atom stereocenters. The fourth-order valence-electron chi connectivity index (χ4n) is 2.67. The van der Waals surface area contributed by atoms with Gasteiger partial charge in [0.25, 0.3) is 0 Å². The lowest BCUT2D eigenvalue weighted by atomic mass is 10.1. The highest BCUT2D eigenvalue weighted by Crippen LogP contribution is 2.18. The Balaban J connectivity index is 1.85. The number of methoxy groups -OCH3 is 1. The maximum atomic E-state index is 13.6. The molecule has 0 saturated carbocycles. The van der Waals surface area contributed by atoms with Crippen molar-refractivity contribution in [3.05, 3.63) is 71.0 Å². The second kappa shape index (κ2) is 10.5. The first-order valence-electron chi connectivity index (χ1n) is 9.15. The lowest BCUT2D eigenvalue weighted by molar-refractivity contribution is -0.116. The van der Waals surface area contributed by atoms with Crippen molar-refractivity contribution in [3.8, 4) is 5.75 Å².